The summed E-state index contributed by atoms with van der Waals surface area (Å²) in [5.41, 5.74) is 5.68. The molecule has 1 fully saturated rings. The second-order valence-corrected chi connectivity index (χ2v) is 7.12. The Hall–Kier alpha value is -1.88. The maximum atomic E-state index is 13.0. The number of carbonyl (C=O) groups is 1. The van der Waals surface area contributed by atoms with E-state index in [9.17, 15) is 4.79 Å². The quantitative estimate of drug-likeness (QED) is 0.735. The first kappa shape index (κ1) is 18.9. The summed E-state index contributed by atoms with van der Waals surface area (Å²) in [4.78, 5) is 13.0. The minimum absolute atomic E-state index is 0. The molecule has 4 nitrogen and oxygen atoms in total. The Morgan fingerprint density at radius 2 is 1.85 bits per heavy atom. The molecule has 0 aromatic heterocycles. The molecule has 0 bridgehead atoms. The van der Waals surface area contributed by atoms with Crippen LogP contribution in [0, 0.1) is 5.41 Å². The van der Waals surface area contributed by atoms with Gasteiger partial charge in [0.25, 0.3) is 0 Å². The van der Waals surface area contributed by atoms with Crippen LogP contribution in [0.5, 0.6) is 0 Å². The maximum absolute atomic E-state index is 13.0. The highest BCUT2D eigenvalue weighted by molar-refractivity contribution is 5.96. The van der Waals surface area contributed by atoms with Gasteiger partial charge in [-0.25, -0.2) is 0 Å². The van der Waals surface area contributed by atoms with Crippen molar-refractivity contribution in [2.75, 3.05) is 32.1 Å². The summed E-state index contributed by atoms with van der Waals surface area (Å²) in [6.45, 7) is 2.18. The molecule has 1 aliphatic heterocycles. The van der Waals surface area contributed by atoms with Crippen LogP contribution < -0.4 is 10.6 Å². The van der Waals surface area contributed by atoms with E-state index in [2.05, 4.69) is 47.0 Å². The van der Waals surface area contributed by atoms with Crippen LogP contribution in [0.4, 0.5) is 5.69 Å². The molecule has 1 amide bonds. The van der Waals surface area contributed by atoms with Crippen molar-refractivity contribution >= 4 is 24.0 Å². The SMILES string of the molecule is COCC1(C(=O)Nc2ccc3c(c2)Cc2ccccc2-3)CCNCC1.Cl. The van der Waals surface area contributed by atoms with Crippen LogP contribution in [0.15, 0.2) is 42.5 Å². The number of carbonyl (C=O) groups excluding carboxylic acids is 1. The second-order valence-electron chi connectivity index (χ2n) is 7.12. The third kappa shape index (κ3) is 3.37. The Morgan fingerprint density at radius 1 is 1.12 bits per heavy atom. The molecule has 0 unspecified atom stereocenters. The lowest BCUT2D eigenvalue weighted by molar-refractivity contribution is -0.130. The van der Waals surface area contributed by atoms with Gasteiger partial charge in [-0.2, -0.15) is 0 Å². The average molecular weight is 373 g/mol. The van der Waals surface area contributed by atoms with Crippen LogP contribution in [0.2, 0.25) is 0 Å². The Balaban J connectivity index is 0.00000196. The highest BCUT2D eigenvalue weighted by atomic mass is 35.5. The van der Waals surface area contributed by atoms with Crippen LogP contribution in [-0.2, 0) is 16.0 Å². The molecule has 2 aliphatic rings. The minimum Gasteiger partial charge on any atom is -0.384 e. The zero-order valence-electron chi connectivity index (χ0n) is 15.0. The van der Waals surface area contributed by atoms with Crippen LogP contribution in [-0.4, -0.2) is 32.7 Å². The smallest absolute Gasteiger partial charge is 0.233 e. The molecule has 0 saturated carbocycles. The van der Waals surface area contributed by atoms with Crippen molar-refractivity contribution in [3.63, 3.8) is 0 Å². The van der Waals surface area contributed by atoms with Gasteiger partial charge in [-0.3, -0.25) is 4.79 Å². The Kier molecular flexibility index (Phi) is 5.66. The molecule has 5 heteroatoms. The topological polar surface area (TPSA) is 50.4 Å². The number of hydrogen-bond acceptors (Lipinski definition) is 3. The van der Waals surface area contributed by atoms with E-state index in [0.717, 1.165) is 38.0 Å². The highest BCUT2D eigenvalue weighted by Crippen LogP contribution is 2.38. The van der Waals surface area contributed by atoms with Crippen molar-refractivity contribution in [2.45, 2.75) is 19.3 Å². The molecule has 2 aromatic rings. The first-order chi connectivity index (χ1) is 12.2. The van der Waals surface area contributed by atoms with Crippen LogP contribution in [0.1, 0.15) is 24.0 Å². The molecule has 0 spiro atoms. The summed E-state index contributed by atoms with van der Waals surface area (Å²) in [7, 11) is 1.67. The molecular formula is C21H25ClN2O2. The van der Waals surface area contributed by atoms with Gasteiger partial charge < -0.3 is 15.4 Å². The van der Waals surface area contributed by atoms with E-state index in [4.69, 9.17) is 4.74 Å². The summed E-state index contributed by atoms with van der Waals surface area (Å²) in [5.74, 6) is 0.0753. The monoisotopic (exact) mass is 372 g/mol. The van der Waals surface area contributed by atoms with Crippen molar-refractivity contribution in [3.8, 4) is 11.1 Å². The number of fused-ring (bicyclic) bond motifs is 3. The van der Waals surface area contributed by atoms with E-state index < -0.39 is 5.41 Å². The number of benzene rings is 2. The molecule has 1 heterocycles. The number of ether oxygens (including phenoxy) is 1. The van der Waals surface area contributed by atoms with Crippen LogP contribution >= 0.6 is 12.4 Å². The Labute approximate surface area is 160 Å². The van der Waals surface area contributed by atoms with Crippen LogP contribution in [0.25, 0.3) is 11.1 Å². The minimum atomic E-state index is -0.429. The number of hydrogen-bond donors (Lipinski definition) is 2. The van der Waals surface area contributed by atoms with Gasteiger partial charge >= 0.3 is 0 Å². The van der Waals surface area contributed by atoms with E-state index in [1.165, 1.54) is 22.3 Å². The van der Waals surface area contributed by atoms with Gasteiger partial charge in [0.15, 0.2) is 0 Å². The van der Waals surface area contributed by atoms with Gasteiger partial charge in [-0.1, -0.05) is 30.3 Å². The lowest BCUT2D eigenvalue weighted by Gasteiger charge is -2.35. The van der Waals surface area contributed by atoms with Gasteiger partial charge in [0, 0.05) is 12.8 Å². The fourth-order valence-electron chi connectivity index (χ4n) is 4.11. The molecule has 0 atom stereocenters. The predicted molar refractivity (Wildman–Crippen MR) is 107 cm³/mol. The van der Waals surface area contributed by atoms with Crippen molar-refractivity contribution in [1.29, 1.82) is 0 Å². The Morgan fingerprint density at radius 3 is 2.62 bits per heavy atom. The summed E-state index contributed by atoms with van der Waals surface area (Å²) in [6, 6.07) is 14.8. The lowest BCUT2D eigenvalue weighted by atomic mass is 9.78. The molecule has 26 heavy (non-hydrogen) atoms. The van der Waals surface area contributed by atoms with Crippen molar-refractivity contribution in [2.24, 2.45) is 5.41 Å². The van der Waals surface area contributed by atoms with Crippen molar-refractivity contribution < 1.29 is 9.53 Å². The van der Waals surface area contributed by atoms with Gasteiger partial charge in [0.2, 0.25) is 5.91 Å². The maximum Gasteiger partial charge on any atom is 0.233 e. The number of nitrogens with one attached hydrogen (secondary N) is 2. The highest BCUT2D eigenvalue weighted by Gasteiger charge is 2.39. The molecule has 0 radical (unpaired) electrons. The standard InChI is InChI=1S/C21H24N2O2.ClH/c1-25-14-21(8-10-22-11-9-21)20(24)23-17-6-7-19-16(13-17)12-15-4-2-3-5-18(15)19;/h2-7,13,22H,8-12,14H2,1H3,(H,23,24);1H. The molecule has 2 aromatic carbocycles. The third-order valence-electron chi connectivity index (χ3n) is 5.51. The van der Waals surface area contributed by atoms with Gasteiger partial charge in [0.1, 0.15) is 0 Å². The van der Waals surface area contributed by atoms with Crippen molar-refractivity contribution in [1.82, 2.24) is 5.32 Å². The summed E-state index contributed by atoms with van der Waals surface area (Å²) >= 11 is 0. The van der Waals surface area contributed by atoms with E-state index in [0.29, 0.717) is 6.61 Å². The predicted octanol–water partition coefficient (Wildman–Crippen LogP) is 3.63. The fourth-order valence-corrected chi connectivity index (χ4v) is 4.11. The first-order valence-corrected chi connectivity index (χ1v) is 8.94. The van der Waals surface area contributed by atoms with E-state index in [1.807, 2.05) is 6.07 Å². The summed E-state index contributed by atoms with van der Waals surface area (Å²) < 4.78 is 5.37. The molecule has 1 aliphatic carbocycles. The largest absolute Gasteiger partial charge is 0.384 e. The summed E-state index contributed by atoms with van der Waals surface area (Å²) in [6.07, 6.45) is 2.55. The number of piperidine rings is 1. The van der Waals surface area contributed by atoms with Gasteiger partial charge in [-0.05, 0) is 66.7 Å². The number of rotatable bonds is 4. The van der Waals surface area contributed by atoms with Gasteiger partial charge in [-0.15, -0.1) is 12.4 Å². The third-order valence-corrected chi connectivity index (χ3v) is 5.51. The van der Waals surface area contributed by atoms with E-state index in [1.54, 1.807) is 7.11 Å². The lowest BCUT2D eigenvalue weighted by Crippen LogP contribution is -2.47. The van der Waals surface area contributed by atoms with Crippen molar-refractivity contribution in [3.05, 3.63) is 53.6 Å². The normalized spacial score (nSPS) is 17.0. The first-order valence-electron chi connectivity index (χ1n) is 8.94. The number of halogens is 1. The second kappa shape index (κ2) is 7.78. The zero-order valence-corrected chi connectivity index (χ0v) is 15.8. The molecule has 138 valence electrons. The molecule has 1 saturated heterocycles. The summed E-state index contributed by atoms with van der Waals surface area (Å²) in [5, 5.41) is 6.47. The number of anilines is 1. The average Bonchev–Trinajstić information content (AvgIpc) is 3.00. The molecule has 4 rings (SSSR count). The van der Waals surface area contributed by atoms with Gasteiger partial charge in [0.05, 0.1) is 12.0 Å². The molecular weight excluding hydrogens is 348 g/mol. The van der Waals surface area contributed by atoms with Crippen LogP contribution in [0.3, 0.4) is 0 Å². The number of methoxy groups -OCH3 is 1. The Bertz CT molecular complexity index is 795. The number of amides is 1. The zero-order chi connectivity index (χ0) is 17.3. The molecule has 2 N–H and O–H groups in total. The fraction of sp³-hybridized carbons (Fsp3) is 0.381. The van der Waals surface area contributed by atoms with E-state index in [-0.39, 0.29) is 18.3 Å². The van der Waals surface area contributed by atoms with E-state index >= 15 is 0 Å².